The number of benzene rings is 2. The first-order chi connectivity index (χ1) is 10.5. The van der Waals surface area contributed by atoms with Crippen LogP contribution in [0.1, 0.15) is 21.5 Å². The Morgan fingerprint density at radius 3 is 2.59 bits per heavy atom. The van der Waals surface area contributed by atoms with Crippen molar-refractivity contribution in [2.24, 2.45) is 5.10 Å². The maximum atomic E-state index is 11.8. The van der Waals surface area contributed by atoms with Gasteiger partial charge >= 0.3 is 0 Å². The van der Waals surface area contributed by atoms with Crippen molar-refractivity contribution in [1.82, 2.24) is 5.43 Å². The van der Waals surface area contributed by atoms with Crippen molar-refractivity contribution in [1.29, 1.82) is 0 Å². The van der Waals surface area contributed by atoms with Crippen LogP contribution in [-0.2, 0) is 0 Å². The van der Waals surface area contributed by atoms with E-state index in [-0.39, 0.29) is 17.0 Å². The number of phenols is 1. The summed E-state index contributed by atoms with van der Waals surface area (Å²) in [5.41, 5.74) is 3.62. The number of nitro groups is 1. The standard InChI is InChI=1S/C15H13N3O4/c1-10-3-2-4-12(14(10)19)9-16-17-15(20)11-5-7-13(8-6-11)18(21)22/h2-9,19H,1H3,(H,17,20)/b16-9-. The Hall–Kier alpha value is -3.22. The summed E-state index contributed by atoms with van der Waals surface area (Å²) in [6.45, 7) is 1.75. The van der Waals surface area contributed by atoms with Crippen molar-refractivity contribution in [3.63, 3.8) is 0 Å². The predicted octanol–water partition coefficient (Wildman–Crippen LogP) is 2.37. The molecule has 0 aromatic heterocycles. The molecule has 2 aromatic carbocycles. The van der Waals surface area contributed by atoms with Crippen molar-refractivity contribution in [2.75, 3.05) is 0 Å². The average Bonchev–Trinajstić information content (AvgIpc) is 2.51. The molecule has 0 heterocycles. The molecule has 0 unspecified atom stereocenters. The lowest BCUT2D eigenvalue weighted by Gasteiger charge is -2.02. The van der Waals surface area contributed by atoms with Crippen molar-refractivity contribution < 1.29 is 14.8 Å². The van der Waals surface area contributed by atoms with Gasteiger partial charge in [-0.3, -0.25) is 14.9 Å². The number of hydrazone groups is 1. The first kappa shape index (κ1) is 15.2. The highest BCUT2D eigenvalue weighted by molar-refractivity contribution is 5.95. The smallest absolute Gasteiger partial charge is 0.271 e. The van der Waals surface area contributed by atoms with E-state index in [0.29, 0.717) is 11.1 Å². The monoisotopic (exact) mass is 299 g/mol. The van der Waals surface area contributed by atoms with E-state index < -0.39 is 10.8 Å². The van der Waals surface area contributed by atoms with Gasteiger partial charge in [0.25, 0.3) is 11.6 Å². The van der Waals surface area contributed by atoms with Crippen molar-refractivity contribution in [3.8, 4) is 5.75 Å². The number of nitro benzene ring substituents is 1. The van der Waals surface area contributed by atoms with Gasteiger partial charge in [0, 0.05) is 23.3 Å². The summed E-state index contributed by atoms with van der Waals surface area (Å²) < 4.78 is 0. The Kier molecular flexibility index (Phi) is 4.47. The minimum Gasteiger partial charge on any atom is -0.507 e. The number of hydrogen-bond acceptors (Lipinski definition) is 5. The lowest BCUT2D eigenvalue weighted by molar-refractivity contribution is -0.384. The van der Waals surface area contributed by atoms with E-state index in [1.165, 1.54) is 30.5 Å². The van der Waals surface area contributed by atoms with Crippen molar-refractivity contribution in [3.05, 3.63) is 69.3 Å². The zero-order valence-corrected chi connectivity index (χ0v) is 11.7. The average molecular weight is 299 g/mol. The third-order valence-electron chi connectivity index (χ3n) is 2.98. The van der Waals surface area contributed by atoms with E-state index in [1.54, 1.807) is 25.1 Å². The van der Waals surface area contributed by atoms with Gasteiger partial charge in [-0.2, -0.15) is 5.10 Å². The van der Waals surface area contributed by atoms with Crippen LogP contribution in [0.2, 0.25) is 0 Å². The lowest BCUT2D eigenvalue weighted by Crippen LogP contribution is -2.17. The van der Waals surface area contributed by atoms with E-state index in [1.807, 2.05) is 0 Å². The number of nitrogens with zero attached hydrogens (tertiary/aromatic N) is 2. The molecule has 2 aromatic rings. The predicted molar refractivity (Wildman–Crippen MR) is 81.0 cm³/mol. The van der Waals surface area contributed by atoms with E-state index in [0.717, 1.165) is 0 Å². The highest BCUT2D eigenvalue weighted by Crippen LogP contribution is 2.19. The number of aromatic hydroxyl groups is 1. The minimum atomic E-state index is -0.541. The molecule has 0 saturated carbocycles. The van der Waals surface area contributed by atoms with Gasteiger partial charge in [-0.25, -0.2) is 5.43 Å². The number of amides is 1. The topological polar surface area (TPSA) is 105 Å². The molecule has 0 bridgehead atoms. The fraction of sp³-hybridized carbons (Fsp3) is 0.0667. The molecule has 7 heteroatoms. The molecule has 2 N–H and O–H groups in total. The van der Waals surface area contributed by atoms with Gasteiger partial charge in [0.1, 0.15) is 5.75 Å². The molecule has 0 aliphatic heterocycles. The van der Waals surface area contributed by atoms with Crippen molar-refractivity contribution in [2.45, 2.75) is 6.92 Å². The van der Waals surface area contributed by atoms with Crippen LogP contribution < -0.4 is 5.43 Å². The van der Waals surface area contributed by atoms with Crippen LogP contribution in [0.15, 0.2) is 47.6 Å². The Morgan fingerprint density at radius 2 is 1.95 bits per heavy atom. The van der Waals surface area contributed by atoms with Gasteiger partial charge in [-0.1, -0.05) is 12.1 Å². The van der Waals surface area contributed by atoms with Gasteiger partial charge in [0.05, 0.1) is 11.1 Å². The van der Waals surface area contributed by atoms with Crippen LogP contribution in [0.4, 0.5) is 5.69 Å². The first-order valence-electron chi connectivity index (χ1n) is 6.35. The highest BCUT2D eigenvalue weighted by atomic mass is 16.6. The van der Waals surface area contributed by atoms with Gasteiger partial charge < -0.3 is 5.11 Å². The molecule has 0 saturated heterocycles. The Bertz CT molecular complexity index is 739. The van der Waals surface area contributed by atoms with E-state index >= 15 is 0 Å². The van der Waals surface area contributed by atoms with Crippen LogP contribution >= 0.6 is 0 Å². The fourth-order valence-corrected chi connectivity index (χ4v) is 1.75. The second-order valence-electron chi connectivity index (χ2n) is 4.52. The fourth-order valence-electron chi connectivity index (χ4n) is 1.75. The number of non-ortho nitro benzene ring substituents is 1. The zero-order valence-electron chi connectivity index (χ0n) is 11.7. The molecule has 1 amide bonds. The number of carbonyl (C=O) groups excluding carboxylic acids is 1. The number of phenolic OH excluding ortho intramolecular Hbond substituents is 1. The van der Waals surface area contributed by atoms with Crippen LogP contribution in [0, 0.1) is 17.0 Å². The van der Waals surface area contributed by atoms with Crippen LogP contribution in [0.3, 0.4) is 0 Å². The second kappa shape index (κ2) is 6.49. The Morgan fingerprint density at radius 1 is 1.27 bits per heavy atom. The lowest BCUT2D eigenvalue weighted by atomic mass is 10.1. The molecule has 22 heavy (non-hydrogen) atoms. The van der Waals surface area contributed by atoms with E-state index in [2.05, 4.69) is 10.5 Å². The summed E-state index contributed by atoms with van der Waals surface area (Å²) in [5, 5.41) is 24.1. The largest absolute Gasteiger partial charge is 0.507 e. The van der Waals surface area contributed by atoms with Gasteiger partial charge in [-0.05, 0) is 30.7 Å². The summed E-state index contributed by atoms with van der Waals surface area (Å²) in [5.74, 6) is -0.408. The maximum absolute atomic E-state index is 11.8. The maximum Gasteiger partial charge on any atom is 0.271 e. The summed E-state index contributed by atoms with van der Waals surface area (Å²) in [7, 11) is 0. The minimum absolute atomic E-state index is 0.0928. The zero-order chi connectivity index (χ0) is 16.1. The molecular weight excluding hydrogens is 286 g/mol. The quantitative estimate of drug-likeness (QED) is 0.513. The molecule has 112 valence electrons. The Balaban J connectivity index is 2.04. The van der Waals surface area contributed by atoms with Crippen LogP contribution in [-0.4, -0.2) is 22.2 Å². The molecule has 2 rings (SSSR count). The molecular formula is C15H13N3O4. The number of hydrogen-bond donors (Lipinski definition) is 2. The molecule has 0 spiro atoms. The Labute approximate surface area is 126 Å². The number of carbonyl (C=O) groups is 1. The number of aryl methyl sites for hydroxylation is 1. The highest BCUT2D eigenvalue weighted by Gasteiger charge is 2.08. The molecule has 0 atom stereocenters. The third-order valence-corrected chi connectivity index (χ3v) is 2.98. The third kappa shape index (κ3) is 3.45. The van der Waals surface area contributed by atoms with Crippen LogP contribution in [0.5, 0.6) is 5.75 Å². The number of para-hydroxylation sites is 1. The summed E-state index contributed by atoms with van der Waals surface area (Å²) in [6.07, 6.45) is 1.33. The second-order valence-corrected chi connectivity index (χ2v) is 4.52. The van der Waals surface area contributed by atoms with Gasteiger partial charge in [-0.15, -0.1) is 0 Å². The summed E-state index contributed by atoms with van der Waals surface area (Å²) in [4.78, 5) is 21.8. The molecule has 0 fully saturated rings. The summed E-state index contributed by atoms with van der Waals surface area (Å²) >= 11 is 0. The number of rotatable bonds is 4. The van der Waals surface area contributed by atoms with Crippen LogP contribution in [0.25, 0.3) is 0 Å². The number of nitrogens with one attached hydrogen (secondary N) is 1. The van der Waals surface area contributed by atoms with Gasteiger partial charge in [0.2, 0.25) is 0 Å². The molecule has 0 aliphatic carbocycles. The molecule has 0 radical (unpaired) electrons. The van der Waals surface area contributed by atoms with E-state index in [9.17, 15) is 20.0 Å². The molecule has 0 aliphatic rings. The SMILES string of the molecule is Cc1cccc(/C=N\NC(=O)c2ccc([N+](=O)[O-])cc2)c1O. The summed E-state index contributed by atoms with van der Waals surface area (Å²) in [6, 6.07) is 10.3. The van der Waals surface area contributed by atoms with E-state index in [4.69, 9.17) is 0 Å². The van der Waals surface area contributed by atoms with Crippen molar-refractivity contribution >= 4 is 17.8 Å². The normalized spacial score (nSPS) is 10.6. The first-order valence-corrected chi connectivity index (χ1v) is 6.35. The van der Waals surface area contributed by atoms with Gasteiger partial charge in [0.15, 0.2) is 0 Å². The molecule has 7 nitrogen and oxygen atoms in total.